The first-order chi connectivity index (χ1) is 9.78. The molecule has 1 aliphatic rings. The Kier molecular flexibility index (Phi) is 4.91. The number of amides is 1. The van der Waals surface area contributed by atoms with Gasteiger partial charge in [0.1, 0.15) is 0 Å². The highest BCUT2D eigenvalue weighted by Crippen LogP contribution is 2.32. The van der Waals surface area contributed by atoms with Gasteiger partial charge in [0.25, 0.3) is 0 Å². The molecule has 1 amide bonds. The molecule has 2 rings (SSSR count). The number of aliphatic hydroxyl groups is 1. The lowest BCUT2D eigenvalue weighted by molar-refractivity contribution is -0.121. The Morgan fingerprint density at radius 2 is 2.10 bits per heavy atom. The number of carbonyl (C=O) groups is 1. The molecule has 0 aliphatic carbocycles. The van der Waals surface area contributed by atoms with E-state index in [-0.39, 0.29) is 17.9 Å². The first-order valence-corrected chi connectivity index (χ1v) is 7.67. The molecule has 1 aromatic rings. The van der Waals surface area contributed by atoms with Gasteiger partial charge in [-0.05, 0) is 50.9 Å². The van der Waals surface area contributed by atoms with E-state index in [4.69, 9.17) is 17.3 Å². The highest BCUT2D eigenvalue weighted by atomic mass is 35.5. The van der Waals surface area contributed by atoms with Crippen molar-refractivity contribution in [1.82, 2.24) is 4.90 Å². The standard InChI is InChI=1S/C16H23ClN2O2/c1-16(2,21)10-19-9-3-4-13(19)14(15(18)20)11-5-7-12(17)8-6-11/h5-8,13-14,21H,3-4,9-10H2,1-2H3,(H2,18,20)/t13-,14-/m0/s1. The lowest BCUT2D eigenvalue weighted by Gasteiger charge is -2.34. The van der Waals surface area contributed by atoms with Gasteiger partial charge >= 0.3 is 0 Å². The van der Waals surface area contributed by atoms with Gasteiger partial charge in [-0.15, -0.1) is 0 Å². The van der Waals surface area contributed by atoms with Crippen LogP contribution >= 0.6 is 11.6 Å². The molecular formula is C16H23ClN2O2. The predicted octanol–water partition coefficient (Wildman–Crippen LogP) is 2.14. The van der Waals surface area contributed by atoms with Crippen molar-refractivity contribution < 1.29 is 9.90 Å². The first kappa shape index (κ1) is 16.3. The Morgan fingerprint density at radius 1 is 1.48 bits per heavy atom. The van der Waals surface area contributed by atoms with Crippen LogP contribution in [0.25, 0.3) is 0 Å². The minimum atomic E-state index is -0.787. The molecule has 1 aromatic carbocycles. The molecule has 0 saturated carbocycles. The van der Waals surface area contributed by atoms with Gasteiger partial charge in [-0.3, -0.25) is 9.69 Å². The molecule has 1 aliphatic heterocycles. The summed E-state index contributed by atoms with van der Waals surface area (Å²) in [7, 11) is 0. The molecule has 0 bridgehead atoms. The van der Waals surface area contributed by atoms with Crippen molar-refractivity contribution in [2.75, 3.05) is 13.1 Å². The molecule has 3 N–H and O–H groups in total. The molecule has 2 atom stereocenters. The molecule has 1 fully saturated rings. The van der Waals surface area contributed by atoms with Gasteiger partial charge in [0.2, 0.25) is 5.91 Å². The largest absolute Gasteiger partial charge is 0.389 e. The van der Waals surface area contributed by atoms with Gasteiger partial charge in [0.15, 0.2) is 0 Å². The van der Waals surface area contributed by atoms with Gasteiger partial charge in [-0.1, -0.05) is 23.7 Å². The van der Waals surface area contributed by atoms with Crippen LogP contribution in [0.3, 0.4) is 0 Å². The van der Waals surface area contributed by atoms with Crippen LogP contribution in [0.2, 0.25) is 5.02 Å². The van der Waals surface area contributed by atoms with Crippen LogP contribution in [0, 0.1) is 0 Å². The highest BCUT2D eigenvalue weighted by Gasteiger charge is 2.37. The number of rotatable bonds is 5. The van der Waals surface area contributed by atoms with Crippen molar-refractivity contribution in [3.05, 3.63) is 34.9 Å². The number of likely N-dealkylation sites (tertiary alicyclic amines) is 1. The van der Waals surface area contributed by atoms with E-state index in [0.29, 0.717) is 11.6 Å². The Labute approximate surface area is 130 Å². The molecule has 21 heavy (non-hydrogen) atoms. The zero-order chi connectivity index (χ0) is 15.6. The third kappa shape index (κ3) is 4.19. The van der Waals surface area contributed by atoms with E-state index < -0.39 is 5.60 Å². The fraction of sp³-hybridized carbons (Fsp3) is 0.562. The summed E-state index contributed by atoms with van der Waals surface area (Å²) in [5.41, 5.74) is 5.75. The predicted molar refractivity (Wildman–Crippen MR) is 84.3 cm³/mol. The van der Waals surface area contributed by atoms with E-state index >= 15 is 0 Å². The lowest BCUT2D eigenvalue weighted by Crippen LogP contribution is -2.46. The van der Waals surface area contributed by atoms with Crippen LogP contribution < -0.4 is 5.73 Å². The first-order valence-electron chi connectivity index (χ1n) is 7.29. The number of carbonyl (C=O) groups excluding carboxylic acids is 1. The Morgan fingerprint density at radius 3 is 2.62 bits per heavy atom. The summed E-state index contributed by atoms with van der Waals surface area (Å²) in [6.07, 6.45) is 1.92. The van der Waals surface area contributed by atoms with Crippen molar-refractivity contribution in [3.63, 3.8) is 0 Å². The zero-order valence-corrected chi connectivity index (χ0v) is 13.3. The monoisotopic (exact) mass is 310 g/mol. The average molecular weight is 311 g/mol. The fourth-order valence-corrected chi connectivity index (χ4v) is 3.29. The zero-order valence-electron chi connectivity index (χ0n) is 12.6. The number of benzene rings is 1. The summed E-state index contributed by atoms with van der Waals surface area (Å²) in [5.74, 6) is -0.697. The number of β-amino-alcohol motifs (C(OH)–C–C–N with tert-alkyl or cyclic N) is 1. The molecular weight excluding hydrogens is 288 g/mol. The second kappa shape index (κ2) is 6.34. The number of hydrogen-bond acceptors (Lipinski definition) is 3. The Balaban J connectivity index is 2.25. The highest BCUT2D eigenvalue weighted by molar-refractivity contribution is 6.30. The van der Waals surface area contributed by atoms with E-state index in [2.05, 4.69) is 4.90 Å². The van der Waals surface area contributed by atoms with E-state index in [0.717, 1.165) is 24.9 Å². The van der Waals surface area contributed by atoms with Gasteiger partial charge in [0.05, 0.1) is 11.5 Å². The second-order valence-corrected chi connectivity index (χ2v) is 6.86. The van der Waals surface area contributed by atoms with Crippen LogP contribution in [0.4, 0.5) is 0 Å². The topological polar surface area (TPSA) is 66.6 Å². The van der Waals surface area contributed by atoms with Crippen molar-refractivity contribution in [1.29, 1.82) is 0 Å². The normalized spacial score (nSPS) is 21.4. The number of nitrogens with two attached hydrogens (primary N) is 1. The van der Waals surface area contributed by atoms with Crippen molar-refractivity contribution in [3.8, 4) is 0 Å². The smallest absolute Gasteiger partial charge is 0.226 e. The van der Waals surface area contributed by atoms with E-state index in [1.165, 1.54) is 0 Å². The van der Waals surface area contributed by atoms with Crippen molar-refractivity contribution in [2.24, 2.45) is 5.73 Å². The summed E-state index contributed by atoms with van der Waals surface area (Å²) in [5, 5.41) is 10.7. The molecule has 0 spiro atoms. The minimum absolute atomic E-state index is 0.0371. The van der Waals surface area contributed by atoms with E-state index in [1.54, 1.807) is 26.0 Å². The Bertz CT molecular complexity index is 496. The lowest BCUT2D eigenvalue weighted by atomic mass is 9.89. The van der Waals surface area contributed by atoms with Gasteiger partial charge in [-0.25, -0.2) is 0 Å². The maximum atomic E-state index is 12.0. The number of hydrogen-bond donors (Lipinski definition) is 2. The third-order valence-corrected chi connectivity index (χ3v) is 4.18. The third-order valence-electron chi connectivity index (χ3n) is 3.92. The van der Waals surface area contributed by atoms with Crippen LogP contribution in [0.15, 0.2) is 24.3 Å². The van der Waals surface area contributed by atoms with Gasteiger partial charge < -0.3 is 10.8 Å². The van der Waals surface area contributed by atoms with Gasteiger partial charge in [-0.2, -0.15) is 0 Å². The van der Waals surface area contributed by atoms with Crippen LogP contribution in [-0.4, -0.2) is 40.6 Å². The SMILES string of the molecule is CC(C)(O)CN1CCC[C@H]1[C@@H](C(N)=O)c1ccc(Cl)cc1. The molecule has 1 heterocycles. The molecule has 5 heteroatoms. The molecule has 4 nitrogen and oxygen atoms in total. The maximum Gasteiger partial charge on any atom is 0.226 e. The quantitative estimate of drug-likeness (QED) is 0.875. The molecule has 0 unspecified atom stereocenters. The summed E-state index contributed by atoms with van der Waals surface area (Å²) in [4.78, 5) is 14.2. The number of primary amides is 1. The van der Waals surface area contributed by atoms with E-state index in [9.17, 15) is 9.90 Å². The summed E-state index contributed by atoms with van der Waals surface area (Å²) in [6, 6.07) is 7.32. The molecule has 0 aromatic heterocycles. The average Bonchev–Trinajstić information content (AvgIpc) is 2.77. The molecule has 1 saturated heterocycles. The Hall–Kier alpha value is -1.10. The van der Waals surface area contributed by atoms with Crippen LogP contribution in [0.1, 0.15) is 38.2 Å². The minimum Gasteiger partial charge on any atom is -0.389 e. The summed E-state index contributed by atoms with van der Waals surface area (Å²) in [6.45, 7) is 4.98. The van der Waals surface area contributed by atoms with Crippen molar-refractivity contribution >= 4 is 17.5 Å². The fourth-order valence-electron chi connectivity index (χ4n) is 3.17. The molecule has 116 valence electrons. The van der Waals surface area contributed by atoms with Gasteiger partial charge in [0, 0.05) is 17.6 Å². The molecule has 0 radical (unpaired) electrons. The van der Waals surface area contributed by atoms with Crippen LogP contribution in [0.5, 0.6) is 0 Å². The van der Waals surface area contributed by atoms with E-state index in [1.807, 2.05) is 12.1 Å². The number of halogens is 1. The summed E-state index contributed by atoms with van der Waals surface area (Å²) < 4.78 is 0. The summed E-state index contributed by atoms with van der Waals surface area (Å²) >= 11 is 5.91. The van der Waals surface area contributed by atoms with Crippen molar-refractivity contribution in [2.45, 2.75) is 44.2 Å². The second-order valence-electron chi connectivity index (χ2n) is 6.42. The van der Waals surface area contributed by atoms with Crippen LogP contribution in [-0.2, 0) is 4.79 Å². The maximum absolute atomic E-state index is 12.0. The number of nitrogens with zero attached hydrogens (tertiary/aromatic N) is 1.